The molecule has 2 aromatic carbocycles. The number of fused-ring (bicyclic) bond motifs is 1. The first-order valence-electron chi connectivity index (χ1n) is 11.6. The molecule has 1 aliphatic rings. The van der Waals surface area contributed by atoms with Gasteiger partial charge in [-0.3, -0.25) is 14.6 Å². The van der Waals surface area contributed by atoms with Crippen molar-refractivity contribution in [2.24, 2.45) is 0 Å². The van der Waals surface area contributed by atoms with Crippen molar-refractivity contribution < 1.29 is 19.0 Å². The van der Waals surface area contributed by atoms with E-state index in [-0.39, 0.29) is 5.91 Å². The number of hydrogen-bond donors (Lipinski definition) is 0. The Labute approximate surface area is 198 Å². The van der Waals surface area contributed by atoms with Crippen LogP contribution >= 0.6 is 11.3 Å². The van der Waals surface area contributed by atoms with Crippen LogP contribution in [0.1, 0.15) is 30.6 Å². The van der Waals surface area contributed by atoms with Crippen LogP contribution in [0.5, 0.6) is 11.5 Å². The summed E-state index contributed by atoms with van der Waals surface area (Å²) >= 11 is 1.52. The molecule has 0 atom stereocenters. The third-order valence-electron chi connectivity index (χ3n) is 5.52. The molecule has 1 saturated heterocycles. The van der Waals surface area contributed by atoms with Crippen LogP contribution in [0.2, 0.25) is 0 Å². The Morgan fingerprint density at radius 2 is 1.85 bits per heavy atom. The van der Waals surface area contributed by atoms with Crippen LogP contribution in [0.25, 0.3) is 10.2 Å². The molecule has 3 aromatic rings. The van der Waals surface area contributed by atoms with E-state index in [0.717, 1.165) is 61.0 Å². The van der Waals surface area contributed by atoms with E-state index in [9.17, 15) is 4.79 Å². The molecule has 0 bridgehead atoms. The third kappa shape index (κ3) is 5.82. The van der Waals surface area contributed by atoms with E-state index in [2.05, 4.69) is 4.90 Å². The number of carbonyl (C=O) groups is 1. The van der Waals surface area contributed by atoms with Gasteiger partial charge in [-0.15, -0.1) is 0 Å². The maximum atomic E-state index is 13.6. The summed E-state index contributed by atoms with van der Waals surface area (Å²) < 4.78 is 17.7. The molecule has 0 spiro atoms. The molecule has 2 heterocycles. The van der Waals surface area contributed by atoms with Crippen molar-refractivity contribution in [2.45, 2.75) is 20.3 Å². The van der Waals surface area contributed by atoms with Crippen molar-refractivity contribution in [3.63, 3.8) is 0 Å². The minimum absolute atomic E-state index is 0.0583. The van der Waals surface area contributed by atoms with Gasteiger partial charge < -0.3 is 14.2 Å². The minimum atomic E-state index is -0.0583. The molecule has 176 valence electrons. The number of aromatic nitrogens is 1. The Balaban J connectivity index is 1.58. The molecule has 0 radical (unpaired) electrons. The first-order valence-corrected chi connectivity index (χ1v) is 12.4. The molecular weight excluding hydrogens is 438 g/mol. The van der Waals surface area contributed by atoms with Crippen molar-refractivity contribution in [3.05, 3.63) is 48.0 Å². The summed E-state index contributed by atoms with van der Waals surface area (Å²) in [6, 6.07) is 13.2. The highest BCUT2D eigenvalue weighted by atomic mass is 32.1. The Morgan fingerprint density at radius 3 is 2.58 bits per heavy atom. The Kier molecular flexibility index (Phi) is 8.15. The Bertz CT molecular complexity index is 1050. The monoisotopic (exact) mass is 469 g/mol. The summed E-state index contributed by atoms with van der Waals surface area (Å²) in [6.45, 7) is 9.99. The number of morpholine rings is 1. The first-order chi connectivity index (χ1) is 16.2. The molecule has 1 aromatic heterocycles. The number of para-hydroxylation sites is 1. The van der Waals surface area contributed by atoms with Gasteiger partial charge in [-0.25, -0.2) is 4.98 Å². The normalized spacial score (nSPS) is 14.4. The number of rotatable bonds is 10. The van der Waals surface area contributed by atoms with E-state index < -0.39 is 0 Å². The van der Waals surface area contributed by atoms with Gasteiger partial charge >= 0.3 is 0 Å². The van der Waals surface area contributed by atoms with Gasteiger partial charge in [0.15, 0.2) is 5.13 Å². The fourth-order valence-electron chi connectivity index (χ4n) is 3.88. The Morgan fingerprint density at radius 1 is 1.09 bits per heavy atom. The van der Waals surface area contributed by atoms with E-state index in [4.69, 9.17) is 19.2 Å². The summed E-state index contributed by atoms with van der Waals surface area (Å²) in [5, 5.41) is 0.693. The number of nitrogens with zero attached hydrogens (tertiary/aromatic N) is 3. The van der Waals surface area contributed by atoms with Crippen LogP contribution in [0.3, 0.4) is 0 Å². The van der Waals surface area contributed by atoms with Gasteiger partial charge in [-0.05, 0) is 56.7 Å². The number of carbonyl (C=O) groups excluding carboxylic acids is 1. The summed E-state index contributed by atoms with van der Waals surface area (Å²) in [6.07, 6.45) is 0.858. The molecule has 4 rings (SSSR count). The maximum absolute atomic E-state index is 13.6. The maximum Gasteiger partial charge on any atom is 0.260 e. The predicted octanol–water partition coefficient (Wildman–Crippen LogP) is 4.46. The second kappa shape index (κ2) is 11.4. The van der Waals surface area contributed by atoms with Crippen LogP contribution < -0.4 is 14.4 Å². The van der Waals surface area contributed by atoms with Gasteiger partial charge in [0.05, 0.1) is 31.1 Å². The number of ether oxygens (including phenoxy) is 3. The van der Waals surface area contributed by atoms with E-state index in [0.29, 0.717) is 30.5 Å². The topological polar surface area (TPSA) is 64.1 Å². The zero-order chi connectivity index (χ0) is 23.0. The molecule has 8 heteroatoms. The lowest BCUT2D eigenvalue weighted by Crippen LogP contribution is -2.39. The van der Waals surface area contributed by atoms with Gasteiger partial charge in [-0.2, -0.15) is 0 Å². The SMILES string of the molecule is CCOc1ccc(C(=O)N(CCCN2CCOCC2)c2nc3c(OCC)cccc3s2)cc1. The average Bonchev–Trinajstić information content (AvgIpc) is 3.28. The summed E-state index contributed by atoms with van der Waals surface area (Å²) in [4.78, 5) is 22.6. The highest BCUT2D eigenvalue weighted by Gasteiger charge is 2.23. The van der Waals surface area contributed by atoms with E-state index in [1.165, 1.54) is 11.3 Å². The first kappa shape index (κ1) is 23.5. The largest absolute Gasteiger partial charge is 0.494 e. The summed E-state index contributed by atoms with van der Waals surface area (Å²) in [5.74, 6) is 1.45. The smallest absolute Gasteiger partial charge is 0.260 e. The van der Waals surface area contributed by atoms with Crippen molar-refractivity contribution in [3.8, 4) is 11.5 Å². The van der Waals surface area contributed by atoms with Crippen LogP contribution in [0.15, 0.2) is 42.5 Å². The van der Waals surface area contributed by atoms with Gasteiger partial charge in [0.1, 0.15) is 17.0 Å². The van der Waals surface area contributed by atoms with Gasteiger partial charge in [0.25, 0.3) is 5.91 Å². The number of amides is 1. The van der Waals surface area contributed by atoms with E-state index >= 15 is 0 Å². The molecule has 1 amide bonds. The fraction of sp³-hybridized carbons (Fsp3) is 0.440. The highest BCUT2D eigenvalue weighted by molar-refractivity contribution is 7.22. The van der Waals surface area contributed by atoms with Crippen LogP contribution in [0, 0.1) is 0 Å². The summed E-state index contributed by atoms with van der Waals surface area (Å²) in [7, 11) is 0. The van der Waals surface area contributed by atoms with Crippen LogP contribution in [-0.4, -0.2) is 68.4 Å². The Hall–Kier alpha value is -2.68. The zero-order valence-electron chi connectivity index (χ0n) is 19.3. The number of anilines is 1. The lowest BCUT2D eigenvalue weighted by atomic mass is 10.2. The quantitative estimate of drug-likeness (QED) is 0.437. The molecule has 33 heavy (non-hydrogen) atoms. The molecule has 0 aliphatic carbocycles. The minimum Gasteiger partial charge on any atom is -0.494 e. The van der Waals surface area contributed by atoms with Gasteiger partial charge in [0.2, 0.25) is 0 Å². The van der Waals surface area contributed by atoms with Crippen molar-refractivity contribution in [1.29, 1.82) is 0 Å². The molecule has 0 N–H and O–H groups in total. The number of hydrogen-bond acceptors (Lipinski definition) is 7. The molecule has 0 unspecified atom stereocenters. The van der Waals surface area contributed by atoms with Crippen molar-refractivity contribution >= 4 is 32.6 Å². The second-order valence-electron chi connectivity index (χ2n) is 7.75. The number of benzene rings is 2. The van der Waals surface area contributed by atoms with Crippen molar-refractivity contribution in [2.75, 3.05) is 57.5 Å². The standard InChI is InChI=1S/C25H31N3O4S/c1-3-31-20-11-9-19(10-12-20)24(29)28(14-6-13-27-15-17-30-18-16-27)25-26-23-21(32-4-2)7-5-8-22(23)33-25/h5,7-12H,3-4,6,13-18H2,1-2H3. The van der Waals surface area contributed by atoms with E-state index in [1.807, 2.05) is 56.3 Å². The zero-order valence-corrected chi connectivity index (χ0v) is 20.1. The fourth-order valence-corrected chi connectivity index (χ4v) is 4.88. The summed E-state index contributed by atoms with van der Waals surface area (Å²) in [5.41, 5.74) is 1.42. The van der Waals surface area contributed by atoms with E-state index in [1.54, 1.807) is 4.90 Å². The molecular formula is C25H31N3O4S. The van der Waals surface area contributed by atoms with Crippen LogP contribution in [-0.2, 0) is 4.74 Å². The molecule has 0 saturated carbocycles. The molecule has 7 nitrogen and oxygen atoms in total. The highest BCUT2D eigenvalue weighted by Crippen LogP contribution is 2.35. The average molecular weight is 470 g/mol. The second-order valence-corrected chi connectivity index (χ2v) is 8.76. The third-order valence-corrected chi connectivity index (χ3v) is 6.56. The number of thiazole rings is 1. The van der Waals surface area contributed by atoms with Crippen molar-refractivity contribution in [1.82, 2.24) is 9.88 Å². The van der Waals surface area contributed by atoms with Gasteiger partial charge in [0, 0.05) is 31.7 Å². The van der Waals surface area contributed by atoms with Crippen LogP contribution in [0.4, 0.5) is 5.13 Å². The van der Waals surface area contributed by atoms with Gasteiger partial charge in [-0.1, -0.05) is 17.4 Å². The molecule has 1 fully saturated rings. The molecule has 1 aliphatic heterocycles. The lowest BCUT2D eigenvalue weighted by molar-refractivity contribution is 0.0376. The predicted molar refractivity (Wildman–Crippen MR) is 132 cm³/mol. The lowest BCUT2D eigenvalue weighted by Gasteiger charge is -2.27.